The fourth-order valence-corrected chi connectivity index (χ4v) is 4.80. The van der Waals surface area contributed by atoms with Crippen LogP contribution >= 0.6 is 23.3 Å². The van der Waals surface area contributed by atoms with E-state index in [9.17, 15) is 8.78 Å². The Bertz CT molecular complexity index is 1100. The van der Waals surface area contributed by atoms with Gasteiger partial charge in [-0.2, -0.15) is 0 Å². The number of aromatic nitrogens is 4. The van der Waals surface area contributed by atoms with E-state index in [1.807, 2.05) is 10.6 Å². The maximum Gasteiger partial charge on any atom is 0.291 e. The van der Waals surface area contributed by atoms with Gasteiger partial charge in [0.05, 0.1) is 30.6 Å². The molecule has 0 bridgehead atoms. The standard InChI is InChI=1S/C18H20F2N6OS2.C2H5NO/c1-18(2-3-18)24-29-11-8-12(25-4-6-27-7-5-25)13-9-21-15(26(13)10-11)17-23-22-16(28-17)14(19)20;1-3-2-4/h8-10,14,24H,2-7H2,1H3;2H,1H3,(H,3,4). The Hall–Kier alpha value is -2.35. The molecule has 1 aliphatic carbocycles. The number of nitrogens with zero attached hydrogens (tertiary/aromatic N) is 5. The molecule has 0 spiro atoms. The third-order valence-electron chi connectivity index (χ3n) is 5.30. The number of hydrogen-bond acceptors (Lipinski definition) is 9. The minimum absolute atomic E-state index is 0.182. The van der Waals surface area contributed by atoms with Gasteiger partial charge in [0.2, 0.25) is 6.41 Å². The number of alkyl halides is 2. The predicted octanol–water partition coefficient (Wildman–Crippen LogP) is 3.14. The summed E-state index contributed by atoms with van der Waals surface area (Å²) < 4.78 is 36.9. The molecular weight excluding hydrogens is 472 g/mol. The van der Waals surface area contributed by atoms with Crippen molar-refractivity contribution in [2.45, 2.75) is 36.6 Å². The van der Waals surface area contributed by atoms with Gasteiger partial charge < -0.3 is 15.0 Å². The van der Waals surface area contributed by atoms with Crippen LogP contribution in [0.15, 0.2) is 23.4 Å². The van der Waals surface area contributed by atoms with E-state index in [2.05, 4.69) is 43.1 Å². The van der Waals surface area contributed by atoms with E-state index in [0.717, 1.165) is 53.4 Å². The first-order chi connectivity index (χ1) is 15.9. The van der Waals surface area contributed by atoms with Crippen LogP contribution in [0, 0.1) is 0 Å². The quantitative estimate of drug-likeness (QED) is 0.380. The molecule has 1 amide bonds. The molecule has 0 atom stereocenters. The van der Waals surface area contributed by atoms with Gasteiger partial charge in [-0.05, 0) is 37.8 Å². The number of carbonyl (C=O) groups is 1. The molecule has 0 radical (unpaired) electrons. The smallest absolute Gasteiger partial charge is 0.291 e. The van der Waals surface area contributed by atoms with Crippen LogP contribution in [0.4, 0.5) is 14.5 Å². The number of ether oxygens (including phenoxy) is 1. The second-order valence-corrected chi connectivity index (χ2v) is 9.80. The highest BCUT2D eigenvalue weighted by atomic mass is 32.2. The molecule has 5 rings (SSSR count). The zero-order valence-corrected chi connectivity index (χ0v) is 19.9. The second-order valence-electron chi connectivity index (χ2n) is 7.91. The number of anilines is 1. The van der Waals surface area contributed by atoms with Crippen LogP contribution in [0.5, 0.6) is 0 Å². The van der Waals surface area contributed by atoms with Crippen molar-refractivity contribution >= 4 is 40.9 Å². The van der Waals surface area contributed by atoms with Gasteiger partial charge in [0.1, 0.15) is 0 Å². The highest BCUT2D eigenvalue weighted by Gasteiger charge is 2.37. The number of pyridine rings is 1. The number of fused-ring (bicyclic) bond motifs is 1. The first-order valence-corrected chi connectivity index (χ1v) is 12.1. The summed E-state index contributed by atoms with van der Waals surface area (Å²) in [6, 6.07) is 2.15. The van der Waals surface area contributed by atoms with Crippen molar-refractivity contribution < 1.29 is 18.3 Å². The van der Waals surface area contributed by atoms with Crippen LogP contribution in [0.2, 0.25) is 0 Å². The van der Waals surface area contributed by atoms with Crippen LogP contribution in [0.1, 0.15) is 31.2 Å². The lowest BCUT2D eigenvalue weighted by molar-refractivity contribution is -0.109. The van der Waals surface area contributed by atoms with E-state index in [0.29, 0.717) is 30.5 Å². The number of carbonyl (C=O) groups excluding carboxylic acids is 1. The van der Waals surface area contributed by atoms with Crippen LogP contribution in [-0.4, -0.2) is 64.9 Å². The van der Waals surface area contributed by atoms with E-state index in [1.54, 1.807) is 25.2 Å². The van der Waals surface area contributed by atoms with Crippen molar-refractivity contribution in [1.29, 1.82) is 0 Å². The maximum absolute atomic E-state index is 13.0. The third-order valence-corrected chi connectivity index (χ3v) is 7.28. The van der Waals surface area contributed by atoms with Gasteiger partial charge in [0, 0.05) is 36.8 Å². The van der Waals surface area contributed by atoms with Gasteiger partial charge in [0.15, 0.2) is 15.8 Å². The fourth-order valence-electron chi connectivity index (χ4n) is 3.21. The lowest BCUT2D eigenvalue weighted by atomic mass is 10.3. The first kappa shape index (κ1) is 23.8. The van der Waals surface area contributed by atoms with E-state index < -0.39 is 6.43 Å². The Labute approximate surface area is 198 Å². The monoisotopic (exact) mass is 497 g/mol. The SMILES string of the molecule is CC1(NSc2cc(N3CCOCC3)c3cnc(-c4nnc(C(F)F)s4)n3c2)CC1.CNC=O. The van der Waals surface area contributed by atoms with Gasteiger partial charge in [-0.3, -0.25) is 13.9 Å². The summed E-state index contributed by atoms with van der Waals surface area (Å²) in [5.74, 6) is 0.527. The van der Waals surface area contributed by atoms with Crippen molar-refractivity contribution in [3.8, 4) is 10.8 Å². The molecule has 2 fully saturated rings. The van der Waals surface area contributed by atoms with Gasteiger partial charge in [0.25, 0.3) is 6.43 Å². The molecule has 0 unspecified atom stereocenters. The first-order valence-electron chi connectivity index (χ1n) is 10.4. The molecule has 0 aromatic carbocycles. The molecule has 1 saturated carbocycles. The normalized spacial score (nSPS) is 17.1. The molecule has 3 aromatic heterocycles. The molecule has 1 saturated heterocycles. The number of amides is 1. The van der Waals surface area contributed by atoms with E-state index in [1.165, 1.54) is 0 Å². The zero-order chi connectivity index (χ0) is 23.4. The Morgan fingerprint density at radius 1 is 1.30 bits per heavy atom. The van der Waals surface area contributed by atoms with E-state index in [-0.39, 0.29) is 10.5 Å². The van der Waals surface area contributed by atoms with Gasteiger partial charge in [-0.1, -0.05) is 11.3 Å². The number of halogens is 2. The Morgan fingerprint density at radius 3 is 2.64 bits per heavy atom. The molecule has 2 N–H and O–H groups in total. The molecule has 1 aliphatic heterocycles. The van der Waals surface area contributed by atoms with E-state index in [4.69, 9.17) is 9.53 Å². The highest BCUT2D eigenvalue weighted by molar-refractivity contribution is 7.97. The summed E-state index contributed by atoms with van der Waals surface area (Å²) in [7, 11) is 1.56. The zero-order valence-electron chi connectivity index (χ0n) is 18.3. The fraction of sp³-hybridized carbons (Fsp3) is 0.500. The summed E-state index contributed by atoms with van der Waals surface area (Å²) in [6.07, 6.45) is 4.07. The van der Waals surface area contributed by atoms with Gasteiger partial charge >= 0.3 is 0 Å². The van der Waals surface area contributed by atoms with Crippen molar-refractivity contribution in [3.63, 3.8) is 0 Å². The predicted molar refractivity (Wildman–Crippen MR) is 124 cm³/mol. The van der Waals surface area contributed by atoms with Crippen molar-refractivity contribution in [3.05, 3.63) is 23.5 Å². The van der Waals surface area contributed by atoms with Crippen molar-refractivity contribution in [1.82, 2.24) is 29.6 Å². The van der Waals surface area contributed by atoms with Crippen molar-refractivity contribution in [2.24, 2.45) is 0 Å². The molecule has 33 heavy (non-hydrogen) atoms. The Kier molecular flexibility index (Phi) is 7.41. The van der Waals surface area contributed by atoms with Crippen LogP contribution in [-0.2, 0) is 9.53 Å². The molecule has 13 heteroatoms. The summed E-state index contributed by atoms with van der Waals surface area (Å²) in [5, 5.41) is 9.90. The van der Waals surface area contributed by atoms with Crippen LogP contribution in [0.3, 0.4) is 0 Å². The minimum atomic E-state index is -2.63. The summed E-state index contributed by atoms with van der Waals surface area (Å²) in [4.78, 5) is 16.9. The molecule has 178 valence electrons. The molecule has 9 nitrogen and oxygen atoms in total. The highest BCUT2D eigenvalue weighted by Crippen LogP contribution is 2.39. The topological polar surface area (TPSA) is 96.7 Å². The molecular formula is C20H25F2N7O2S2. The van der Waals surface area contributed by atoms with Crippen molar-refractivity contribution in [2.75, 3.05) is 38.3 Å². The second kappa shape index (κ2) is 10.3. The number of nitrogens with one attached hydrogen (secondary N) is 2. The summed E-state index contributed by atoms with van der Waals surface area (Å²) in [5.41, 5.74) is 2.15. The number of morpholine rings is 1. The van der Waals surface area contributed by atoms with Crippen LogP contribution in [0.25, 0.3) is 16.3 Å². The number of rotatable bonds is 7. The van der Waals surface area contributed by atoms with Crippen LogP contribution < -0.4 is 14.9 Å². The number of hydrogen-bond donors (Lipinski definition) is 2. The van der Waals surface area contributed by atoms with Gasteiger partial charge in [-0.25, -0.2) is 13.8 Å². The molecule has 2 aliphatic rings. The van der Waals surface area contributed by atoms with Gasteiger partial charge in [-0.15, -0.1) is 10.2 Å². The maximum atomic E-state index is 13.0. The third kappa shape index (κ3) is 5.60. The molecule has 3 aromatic rings. The largest absolute Gasteiger partial charge is 0.378 e. The Morgan fingerprint density at radius 2 is 2.03 bits per heavy atom. The minimum Gasteiger partial charge on any atom is -0.378 e. The average Bonchev–Trinajstić information content (AvgIpc) is 3.21. The van der Waals surface area contributed by atoms with E-state index >= 15 is 0 Å². The number of imidazole rings is 1. The molecule has 4 heterocycles. The Balaban J connectivity index is 0.000000601. The lowest BCUT2D eigenvalue weighted by Gasteiger charge is -2.29. The average molecular weight is 498 g/mol. The summed E-state index contributed by atoms with van der Waals surface area (Å²) in [6.45, 7) is 5.15. The summed E-state index contributed by atoms with van der Waals surface area (Å²) >= 11 is 2.47. The lowest BCUT2D eigenvalue weighted by Crippen LogP contribution is -2.36.